The number of benzene rings is 1. The minimum atomic E-state index is -0.497. The highest BCUT2D eigenvalue weighted by Crippen LogP contribution is 2.35. The lowest BCUT2D eigenvalue weighted by atomic mass is 9.74. The summed E-state index contributed by atoms with van der Waals surface area (Å²) in [6.45, 7) is 11.6. The fourth-order valence-electron chi connectivity index (χ4n) is 3.32. The van der Waals surface area contributed by atoms with Gasteiger partial charge in [0.05, 0.1) is 6.54 Å². The van der Waals surface area contributed by atoms with E-state index >= 15 is 0 Å². The Morgan fingerprint density at radius 1 is 1.10 bits per heavy atom. The number of rotatable bonds is 7. The second-order valence-corrected chi connectivity index (χ2v) is 8.31. The summed E-state index contributed by atoms with van der Waals surface area (Å²) in [6.07, 6.45) is 1.51. The van der Waals surface area contributed by atoms with Gasteiger partial charge in [-0.25, -0.2) is 4.79 Å². The topological polar surface area (TPSA) is 84.0 Å². The predicted octanol–water partition coefficient (Wildman–Crippen LogP) is 2.81. The first-order chi connectivity index (χ1) is 13.8. The highest BCUT2D eigenvalue weighted by atomic mass is 16.6. The second kappa shape index (κ2) is 11.0. The number of hydrogen-bond acceptors (Lipinski definition) is 4. The van der Waals surface area contributed by atoms with Crippen LogP contribution in [0.5, 0.6) is 0 Å². The lowest BCUT2D eigenvalue weighted by molar-refractivity contribution is 0.0527. The van der Waals surface area contributed by atoms with E-state index in [1.165, 1.54) is 5.56 Å². The summed E-state index contributed by atoms with van der Waals surface area (Å²) < 4.78 is 10.9. The first-order valence-electron chi connectivity index (χ1n) is 10.5. The molecule has 1 aromatic carbocycles. The van der Waals surface area contributed by atoms with E-state index in [4.69, 9.17) is 14.5 Å². The maximum atomic E-state index is 11.7. The van der Waals surface area contributed by atoms with Crippen molar-refractivity contribution < 1.29 is 14.3 Å². The molecule has 0 aliphatic carbocycles. The molecule has 0 aromatic heterocycles. The summed E-state index contributed by atoms with van der Waals surface area (Å²) in [7, 11) is 0. The molecule has 1 aromatic rings. The van der Waals surface area contributed by atoms with Gasteiger partial charge in [0.15, 0.2) is 5.96 Å². The molecule has 0 atom stereocenters. The largest absolute Gasteiger partial charge is 0.444 e. The molecule has 162 valence electrons. The molecular formula is C22H36N4O3. The van der Waals surface area contributed by atoms with E-state index < -0.39 is 11.7 Å². The number of carbonyl (C=O) groups excluding carboxylic acids is 1. The fourth-order valence-corrected chi connectivity index (χ4v) is 3.32. The van der Waals surface area contributed by atoms with Crippen molar-refractivity contribution >= 4 is 12.1 Å². The van der Waals surface area contributed by atoms with Crippen LogP contribution in [0, 0.1) is 0 Å². The van der Waals surface area contributed by atoms with E-state index in [-0.39, 0.29) is 5.41 Å². The average Bonchev–Trinajstić information content (AvgIpc) is 2.69. The molecule has 7 nitrogen and oxygen atoms in total. The monoisotopic (exact) mass is 404 g/mol. The van der Waals surface area contributed by atoms with Crippen LogP contribution in [-0.2, 0) is 14.9 Å². The lowest BCUT2D eigenvalue weighted by Gasteiger charge is -2.36. The van der Waals surface area contributed by atoms with Gasteiger partial charge in [-0.1, -0.05) is 30.3 Å². The number of carbonyl (C=O) groups is 1. The molecule has 2 rings (SSSR count). The van der Waals surface area contributed by atoms with Crippen molar-refractivity contribution in [1.82, 2.24) is 16.0 Å². The molecule has 0 unspecified atom stereocenters. The molecule has 1 fully saturated rings. The molecule has 0 radical (unpaired) electrons. The summed E-state index contributed by atoms with van der Waals surface area (Å²) in [6, 6.07) is 10.6. The SMILES string of the molecule is CCNC(=NCC1(c2ccccc2)CCOCC1)NCCNC(=O)OC(C)(C)C. The summed E-state index contributed by atoms with van der Waals surface area (Å²) in [5.74, 6) is 0.750. The van der Waals surface area contributed by atoms with E-state index in [1.807, 2.05) is 33.8 Å². The number of nitrogens with zero attached hydrogens (tertiary/aromatic N) is 1. The molecule has 1 heterocycles. The van der Waals surface area contributed by atoms with E-state index in [0.29, 0.717) is 19.6 Å². The molecule has 0 saturated carbocycles. The molecule has 29 heavy (non-hydrogen) atoms. The van der Waals surface area contributed by atoms with Crippen LogP contribution in [0.25, 0.3) is 0 Å². The zero-order valence-corrected chi connectivity index (χ0v) is 18.2. The van der Waals surface area contributed by atoms with E-state index in [0.717, 1.165) is 38.6 Å². The normalized spacial score (nSPS) is 16.8. The van der Waals surface area contributed by atoms with Gasteiger partial charge in [-0.15, -0.1) is 0 Å². The van der Waals surface area contributed by atoms with Crippen LogP contribution in [0.1, 0.15) is 46.1 Å². The lowest BCUT2D eigenvalue weighted by Crippen LogP contribution is -2.44. The molecule has 0 bridgehead atoms. The quantitative estimate of drug-likeness (QED) is 0.370. The Labute approximate surface area is 174 Å². The molecule has 7 heteroatoms. The van der Waals surface area contributed by atoms with Crippen molar-refractivity contribution in [2.45, 2.75) is 51.6 Å². The van der Waals surface area contributed by atoms with Crippen molar-refractivity contribution in [3.05, 3.63) is 35.9 Å². The first-order valence-corrected chi connectivity index (χ1v) is 10.5. The van der Waals surface area contributed by atoms with Gasteiger partial charge in [0.2, 0.25) is 0 Å². The van der Waals surface area contributed by atoms with Crippen LogP contribution in [0.2, 0.25) is 0 Å². The van der Waals surface area contributed by atoms with Crippen LogP contribution in [-0.4, -0.2) is 57.0 Å². The van der Waals surface area contributed by atoms with Crippen LogP contribution >= 0.6 is 0 Å². The molecule has 1 aliphatic rings. The summed E-state index contributed by atoms with van der Waals surface area (Å²) >= 11 is 0. The number of amides is 1. The van der Waals surface area contributed by atoms with Gasteiger partial charge in [0.1, 0.15) is 5.60 Å². The van der Waals surface area contributed by atoms with Gasteiger partial charge in [-0.3, -0.25) is 4.99 Å². The van der Waals surface area contributed by atoms with Gasteiger partial charge in [0, 0.05) is 38.3 Å². The third-order valence-electron chi connectivity index (χ3n) is 4.81. The zero-order chi connectivity index (χ0) is 21.2. The van der Waals surface area contributed by atoms with Gasteiger partial charge in [-0.2, -0.15) is 0 Å². The number of alkyl carbamates (subject to hydrolysis) is 1. The smallest absolute Gasteiger partial charge is 0.407 e. The van der Waals surface area contributed by atoms with E-state index in [1.54, 1.807) is 0 Å². The summed E-state index contributed by atoms with van der Waals surface area (Å²) in [4.78, 5) is 16.6. The third kappa shape index (κ3) is 7.93. The Balaban J connectivity index is 1.93. The standard InChI is InChI=1S/C22H36N4O3/c1-5-23-19(24-13-14-25-20(27)29-21(2,3)4)26-17-22(11-15-28-16-12-22)18-9-7-6-8-10-18/h6-10H,5,11-17H2,1-4H3,(H,25,27)(H2,23,24,26). The fraction of sp³-hybridized carbons (Fsp3) is 0.636. The Hall–Kier alpha value is -2.28. The number of hydrogen-bond donors (Lipinski definition) is 3. The zero-order valence-electron chi connectivity index (χ0n) is 18.2. The van der Waals surface area contributed by atoms with Gasteiger partial charge in [0.25, 0.3) is 0 Å². The molecule has 1 saturated heterocycles. The third-order valence-corrected chi connectivity index (χ3v) is 4.81. The van der Waals surface area contributed by atoms with E-state index in [9.17, 15) is 4.79 Å². The Morgan fingerprint density at radius 3 is 2.38 bits per heavy atom. The Bertz CT molecular complexity index is 650. The molecular weight excluding hydrogens is 368 g/mol. The van der Waals surface area contributed by atoms with Crippen molar-refractivity contribution in [2.75, 3.05) is 39.4 Å². The number of ether oxygens (including phenoxy) is 2. The van der Waals surface area contributed by atoms with Crippen molar-refractivity contribution in [3.63, 3.8) is 0 Å². The Kier molecular flexibility index (Phi) is 8.76. The summed E-state index contributed by atoms with van der Waals surface area (Å²) in [5, 5.41) is 9.32. The highest BCUT2D eigenvalue weighted by molar-refractivity contribution is 5.79. The minimum Gasteiger partial charge on any atom is -0.444 e. The van der Waals surface area contributed by atoms with Crippen LogP contribution in [0.3, 0.4) is 0 Å². The maximum Gasteiger partial charge on any atom is 0.407 e. The van der Waals surface area contributed by atoms with Crippen molar-refractivity contribution in [1.29, 1.82) is 0 Å². The van der Waals surface area contributed by atoms with Crippen LogP contribution < -0.4 is 16.0 Å². The summed E-state index contributed by atoms with van der Waals surface area (Å²) in [5.41, 5.74) is 0.814. The first kappa shape index (κ1) is 23.0. The molecule has 1 aliphatic heterocycles. The predicted molar refractivity (Wildman–Crippen MR) is 116 cm³/mol. The average molecular weight is 405 g/mol. The Morgan fingerprint density at radius 2 is 1.76 bits per heavy atom. The molecule has 3 N–H and O–H groups in total. The van der Waals surface area contributed by atoms with Gasteiger partial charge in [-0.05, 0) is 46.1 Å². The van der Waals surface area contributed by atoms with Gasteiger partial charge < -0.3 is 25.4 Å². The number of guanidine groups is 1. The van der Waals surface area contributed by atoms with Crippen molar-refractivity contribution in [3.8, 4) is 0 Å². The molecule has 1 amide bonds. The van der Waals surface area contributed by atoms with Crippen LogP contribution in [0.15, 0.2) is 35.3 Å². The highest BCUT2D eigenvalue weighted by Gasteiger charge is 2.34. The maximum absolute atomic E-state index is 11.7. The second-order valence-electron chi connectivity index (χ2n) is 8.31. The van der Waals surface area contributed by atoms with Crippen molar-refractivity contribution in [2.24, 2.45) is 4.99 Å². The van der Waals surface area contributed by atoms with Gasteiger partial charge >= 0.3 is 6.09 Å². The minimum absolute atomic E-state index is 0.00335. The van der Waals surface area contributed by atoms with E-state index in [2.05, 4.69) is 40.2 Å². The number of aliphatic imine (C=N–C) groups is 1. The number of nitrogens with one attached hydrogen (secondary N) is 3. The molecule has 0 spiro atoms. The van der Waals surface area contributed by atoms with Crippen LogP contribution in [0.4, 0.5) is 4.79 Å².